The molecular formula is C14H22N2S. The molecule has 3 heteroatoms. The third-order valence-electron chi connectivity index (χ3n) is 3.59. The molecule has 1 heterocycles. The van der Waals surface area contributed by atoms with Crippen LogP contribution in [0.25, 0.3) is 0 Å². The lowest BCUT2D eigenvalue weighted by Gasteiger charge is -2.25. The fourth-order valence-corrected chi connectivity index (χ4v) is 2.87. The minimum Gasteiger partial charge on any atom is -0.324 e. The molecule has 94 valence electrons. The molecule has 1 aromatic rings. The van der Waals surface area contributed by atoms with Crippen LogP contribution in [0, 0.1) is 5.92 Å². The van der Waals surface area contributed by atoms with Crippen LogP contribution in [0.4, 0.5) is 0 Å². The predicted octanol–water partition coefficient (Wildman–Crippen LogP) is 2.80. The lowest BCUT2D eigenvalue weighted by molar-refractivity contribution is 0.333. The highest BCUT2D eigenvalue weighted by Crippen LogP contribution is 2.26. The topological polar surface area (TPSA) is 38.0 Å². The maximum Gasteiger partial charge on any atom is 0.0297 e. The van der Waals surface area contributed by atoms with Crippen molar-refractivity contribution < 1.29 is 0 Å². The number of rotatable bonds is 4. The molecule has 0 bridgehead atoms. The molecule has 3 N–H and O–H groups in total. The molecule has 17 heavy (non-hydrogen) atoms. The third kappa shape index (κ3) is 3.73. The number of hydrogen-bond donors (Lipinski definition) is 2. The van der Waals surface area contributed by atoms with Crippen molar-refractivity contribution >= 4 is 11.8 Å². The molecule has 1 atom stereocenters. The van der Waals surface area contributed by atoms with Crippen LogP contribution in [0.2, 0.25) is 0 Å². The van der Waals surface area contributed by atoms with Crippen LogP contribution >= 0.6 is 11.8 Å². The van der Waals surface area contributed by atoms with Crippen LogP contribution < -0.4 is 11.1 Å². The summed E-state index contributed by atoms with van der Waals surface area (Å²) in [5, 5.41) is 3.40. The van der Waals surface area contributed by atoms with Crippen LogP contribution in [0.1, 0.15) is 30.9 Å². The molecule has 1 aromatic carbocycles. The SMILES string of the molecule is CSc1ccc(C(N)CC2CCNCC2)cc1. The molecule has 0 spiro atoms. The standard InChI is InChI=1S/C14H22N2S/c1-17-13-4-2-12(3-5-13)14(15)10-11-6-8-16-9-7-11/h2-5,11,14,16H,6-10,15H2,1H3. The molecule has 2 nitrogen and oxygen atoms in total. The van der Waals surface area contributed by atoms with Crippen molar-refractivity contribution in [3.63, 3.8) is 0 Å². The van der Waals surface area contributed by atoms with Gasteiger partial charge in [0, 0.05) is 10.9 Å². The van der Waals surface area contributed by atoms with Gasteiger partial charge in [-0.3, -0.25) is 0 Å². The van der Waals surface area contributed by atoms with E-state index < -0.39 is 0 Å². The lowest BCUT2D eigenvalue weighted by Crippen LogP contribution is -2.29. The average Bonchev–Trinajstić information content (AvgIpc) is 2.40. The number of nitrogens with one attached hydrogen (secondary N) is 1. The fraction of sp³-hybridized carbons (Fsp3) is 0.571. The average molecular weight is 250 g/mol. The van der Waals surface area contributed by atoms with E-state index >= 15 is 0 Å². The minimum absolute atomic E-state index is 0.203. The first-order valence-electron chi connectivity index (χ1n) is 6.40. The van der Waals surface area contributed by atoms with Crippen LogP contribution in [0.3, 0.4) is 0 Å². The van der Waals surface area contributed by atoms with E-state index in [0.717, 1.165) is 25.4 Å². The number of thioether (sulfide) groups is 1. The van der Waals surface area contributed by atoms with Gasteiger partial charge >= 0.3 is 0 Å². The maximum absolute atomic E-state index is 6.29. The van der Waals surface area contributed by atoms with Gasteiger partial charge in [0.05, 0.1) is 0 Å². The minimum atomic E-state index is 0.203. The number of benzene rings is 1. The molecule has 1 saturated heterocycles. The highest BCUT2D eigenvalue weighted by atomic mass is 32.2. The Morgan fingerprint density at radius 3 is 2.53 bits per heavy atom. The fourth-order valence-electron chi connectivity index (χ4n) is 2.46. The molecule has 0 aliphatic carbocycles. The van der Waals surface area contributed by atoms with E-state index in [-0.39, 0.29) is 6.04 Å². The van der Waals surface area contributed by atoms with Gasteiger partial charge in [0.2, 0.25) is 0 Å². The van der Waals surface area contributed by atoms with Crippen molar-refractivity contribution in [3.05, 3.63) is 29.8 Å². The van der Waals surface area contributed by atoms with E-state index in [9.17, 15) is 0 Å². The maximum atomic E-state index is 6.29. The molecule has 1 unspecified atom stereocenters. The van der Waals surface area contributed by atoms with Crippen molar-refractivity contribution in [1.82, 2.24) is 5.32 Å². The summed E-state index contributed by atoms with van der Waals surface area (Å²) in [6.45, 7) is 2.31. The quantitative estimate of drug-likeness (QED) is 0.807. The zero-order valence-corrected chi connectivity index (χ0v) is 11.3. The smallest absolute Gasteiger partial charge is 0.0297 e. The zero-order valence-electron chi connectivity index (χ0n) is 10.5. The van der Waals surface area contributed by atoms with Gasteiger partial charge < -0.3 is 11.1 Å². The van der Waals surface area contributed by atoms with Gasteiger partial charge in [0.1, 0.15) is 0 Å². The van der Waals surface area contributed by atoms with E-state index in [0.29, 0.717) is 0 Å². The van der Waals surface area contributed by atoms with E-state index in [1.807, 2.05) is 0 Å². The van der Waals surface area contributed by atoms with Gasteiger partial charge in [-0.1, -0.05) is 12.1 Å². The van der Waals surface area contributed by atoms with Crippen LogP contribution in [-0.2, 0) is 0 Å². The van der Waals surface area contributed by atoms with Gasteiger partial charge in [-0.2, -0.15) is 0 Å². The molecule has 1 aliphatic rings. The summed E-state index contributed by atoms with van der Waals surface area (Å²) >= 11 is 1.78. The Kier molecular flexibility index (Phi) is 4.89. The van der Waals surface area contributed by atoms with Gasteiger partial charge in [-0.15, -0.1) is 11.8 Å². The number of hydrogen-bond acceptors (Lipinski definition) is 3. The van der Waals surface area contributed by atoms with Crippen LogP contribution in [0.5, 0.6) is 0 Å². The van der Waals surface area contributed by atoms with E-state index in [1.54, 1.807) is 11.8 Å². The summed E-state index contributed by atoms with van der Waals surface area (Å²) in [5.74, 6) is 0.798. The molecule has 1 aliphatic heterocycles. The van der Waals surface area contributed by atoms with Crippen molar-refractivity contribution in [1.29, 1.82) is 0 Å². The predicted molar refractivity (Wildman–Crippen MR) is 75.4 cm³/mol. The first-order valence-corrected chi connectivity index (χ1v) is 7.62. The number of nitrogens with two attached hydrogens (primary N) is 1. The summed E-state index contributed by atoms with van der Waals surface area (Å²) in [6, 6.07) is 8.90. The van der Waals surface area contributed by atoms with E-state index in [1.165, 1.54) is 23.3 Å². The Balaban J connectivity index is 1.91. The Morgan fingerprint density at radius 2 is 1.94 bits per heavy atom. The van der Waals surface area contributed by atoms with Gasteiger partial charge in [0.25, 0.3) is 0 Å². The second kappa shape index (κ2) is 6.43. The third-order valence-corrected chi connectivity index (χ3v) is 4.33. The van der Waals surface area contributed by atoms with Gasteiger partial charge in [-0.25, -0.2) is 0 Å². The summed E-state index contributed by atoms with van der Waals surface area (Å²) in [4.78, 5) is 1.31. The summed E-state index contributed by atoms with van der Waals surface area (Å²) < 4.78 is 0. The Morgan fingerprint density at radius 1 is 1.29 bits per heavy atom. The molecule has 0 radical (unpaired) electrons. The first-order chi connectivity index (χ1) is 8.29. The molecule has 0 saturated carbocycles. The second-order valence-electron chi connectivity index (χ2n) is 4.81. The Labute approximate surface area is 108 Å². The molecule has 2 rings (SSSR count). The molecular weight excluding hydrogens is 228 g/mol. The molecule has 0 aromatic heterocycles. The van der Waals surface area contributed by atoms with E-state index in [4.69, 9.17) is 5.73 Å². The second-order valence-corrected chi connectivity index (χ2v) is 5.69. The Hall–Kier alpha value is -0.510. The van der Waals surface area contributed by atoms with Crippen LogP contribution in [0.15, 0.2) is 29.2 Å². The first kappa shape index (κ1) is 12.9. The van der Waals surface area contributed by atoms with Crippen molar-refractivity contribution in [2.24, 2.45) is 11.7 Å². The van der Waals surface area contributed by atoms with Gasteiger partial charge in [0.15, 0.2) is 0 Å². The summed E-state index contributed by atoms with van der Waals surface area (Å²) in [5.41, 5.74) is 7.57. The van der Waals surface area contributed by atoms with E-state index in [2.05, 4.69) is 35.8 Å². The molecule has 0 amide bonds. The number of piperidine rings is 1. The van der Waals surface area contributed by atoms with Crippen molar-refractivity contribution in [3.8, 4) is 0 Å². The molecule has 1 fully saturated rings. The van der Waals surface area contributed by atoms with Crippen LogP contribution in [-0.4, -0.2) is 19.3 Å². The normalized spacial score (nSPS) is 19.2. The Bertz CT molecular complexity index is 331. The highest BCUT2D eigenvalue weighted by molar-refractivity contribution is 7.98. The van der Waals surface area contributed by atoms with Gasteiger partial charge in [-0.05, 0) is 62.2 Å². The summed E-state index contributed by atoms with van der Waals surface area (Å²) in [6.07, 6.45) is 5.78. The largest absolute Gasteiger partial charge is 0.324 e. The lowest BCUT2D eigenvalue weighted by atomic mass is 9.89. The highest BCUT2D eigenvalue weighted by Gasteiger charge is 2.17. The monoisotopic (exact) mass is 250 g/mol. The van der Waals surface area contributed by atoms with Crippen molar-refractivity contribution in [2.45, 2.75) is 30.2 Å². The van der Waals surface area contributed by atoms with Crippen molar-refractivity contribution in [2.75, 3.05) is 19.3 Å². The summed E-state index contributed by atoms with van der Waals surface area (Å²) in [7, 11) is 0. The zero-order chi connectivity index (χ0) is 12.1.